The molecule has 0 spiro atoms. The van der Waals surface area contributed by atoms with Gasteiger partial charge in [-0.25, -0.2) is 4.98 Å². The maximum Gasteiger partial charge on any atom is 0.295 e. The first-order chi connectivity index (χ1) is 15.3. The van der Waals surface area contributed by atoms with Crippen molar-refractivity contribution in [2.75, 3.05) is 27.2 Å². The Kier molecular flexibility index (Phi) is 6.04. The van der Waals surface area contributed by atoms with Gasteiger partial charge in [-0.3, -0.25) is 14.0 Å². The van der Waals surface area contributed by atoms with Crippen molar-refractivity contribution in [3.63, 3.8) is 0 Å². The third kappa shape index (κ3) is 3.89. The van der Waals surface area contributed by atoms with Gasteiger partial charge >= 0.3 is 0 Å². The van der Waals surface area contributed by atoms with E-state index in [1.54, 1.807) is 46.7 Å². The number of carbonyl (C=O) groups is 2. The Balaban J connectivity index is 1.87. The summed E-state index contributed by atoms with van der Waals surface area (Å²) in [5, 5.41) is 11.9. The Morgan fingerprint density at radius 2 is 1.88 bits per heavy atom. The van der Waals surface area contributed by atoms with E-state index >= 15 is 0 Å². The number of aryl methyl sites for hydroxylation is 1. The number of fused-ring (bicyclic) bond motifs is 1. The van der Waals surface area contributed by atoms with Crippen LogP contribution in [0.3, 0.4) is 0 Å². The fraction of sp³-hybridized carbons (Fsp3) is 0.292. The number of nitrogens with zero attached hydrogens (tertiary/aromatic N) is 4. The molecule has 0 aliphatic carbocycles. The number of imidazole rings is 1. The summed E-state index contributed by atoms with van der Waals surface area (Å²) < 4.78 is 1.73. The van der Waals surface area contributed by atoms with Gasteiger partial charge in [0.15, 0.2) is 5.76 Å². The lowest BCUT2D eigenvalue weighted by Gasteiger charge is -2.26. The minimum Gasteiger partial charge on any atom is -0.505 e. The number of halogens is 1. The van der Waals surface area contributed by atoms with E-state index in [2.05, 4.69) is 4.98 Å². The molecule has 32 heavy (non-hydrogen) atoms. The SMILES string of the molecule is Cc1nc2ccccn2c1/C(O)=C1\C(=O)C(=O)N(CCCN(C)C)[C@@H]1c1ccc(Cl)cc1. The zero-order valence-corrected chi connectivity index (χ0v) is 19.0. The van der Waals surface area contributed by atoms with Gasteiger partial charge in [0.1, 0.15) is 11.3 Å². The van der Waals surface area contributed by atoms with Gasteiger partial charge in [0.2, 0.25) is 0 Å². The van der Waals surface area contributed by atoms with Crippen LogP contribution in [0.25, 0.3) is 11.4 Å². The number of rotatable bonds is 6. The predicted octanol–water partition coefficient (Wildman–Crippen LogP) is 3.67. The molecule has 8 heteroatoms. The number of ketones is 1. The molecular weight excluding hydrogens is 428 g/mol. The van der Waals surface area contributed by atoms with Gasteiger partial charge in [-0.05, 0) is 63.8 Å². The number of benzene rings is 1. The maximum absolute atomic E-state index is 13.2. The first kappa shape index (κ1) is 22.0. The van der Waals surface area contributed by atoms with Crippen LogP contribution >= 0.6 is 11.6 Å². The minimum absolute atomic E-state index is 0.0657. The van der Waals surface area contributed by atoms with Crippen molar-refractivity contribution in [1.82, 2.24) is 19.2 Å². The molecule has 1 amide bonds. The normalized spacial score (nSPS) is 18.3. The number of pyridine rings is 1. The molecule has 0 radical (unpaired) electrons. The smallest absolute Gasteiger partial charge is 0.295 e. The van der Waals surface area contributed by atoms with Crippen LogP contribution in [0.1, 0.15) is 29.4 Å². The number of likely N-dealkylation sites (tertiary alicyclic amines) is 1. The maximum atomic E-state index is 13.2. The van der Waals surface area contributed by atoms with Crippen LogP contribution in [0.2, 0.25) is 5.02 Å². The molecule has 1 saturated heterocycles. The highest BCUT2D eigenvalue weighted by molar-refractivity contribution is 6.46. The summed E-state index contributed by atoms with van der Waals surface area (Å²) in [4.78, 5) is 34.3. The van der Waals surface area contributed by atoms with Crippen LogP contribution in [-0.4, -0.2) is 63.2 Å². The molecule has 3 aromatic rings. The third-order valence-corrected chi connectivity index (χ3v) is 5.91. The highest BCUT2D eigenvalue weighted by Crippen LogP contribution is 2.40. The van der Waals surface area contributed by atoms with E-state index < -0.39 is 17.7 Å². The Hall–Kier alpha value is -3.16. The summed E-state index contributed by atoms with van der Waals surface area (Å²) in [5.74, 6) is -1.54. The molecule has 2 aromatic heterocycles. The first-order valence-corrected chi connectivity index (χ1v) is 10.8. The third-order valence-electron chi connectivity index (χ3n) is 5.66. The molecule has 1 N–H and O–H groups in total. The van der Waals surface area contributed by atoms with Crippen molar-refractivity contribution in [1.29, 1.82) is 0 Å². The van der Waals surface area contributed by atoms with Crippen LogP contribution in [-0.2, 0) is 9.59 Å². The van der Waals surface area contributed by atoms with E-state index in [9.17, 15) is 14.7 Å². The largest absolute Gasteiger partial charge is 0.505 e. The van der Waals surface area contributed by atoms with Crippen molar-refractivity contribution in [2.24, 2.45) is 0 Å². The van der Waals surface area contributed by atoms with E-state index in [0.29, 0.717) is 40.6 Å². The lowest BCUT2D eigenvalue weighted by Crippen LogP contribution is -2.32. The van der Waals surface area contributed by atoms with Crippen molar-refractivity contribution < 1.29 is 14.7 Å². The van der Waals surface area contributed by atoms with Crippen molar-refractivity contribution in [3.8, 4) is 0 Å². The molecule has 4 rings (SSSR count). The van der Waals surface area contributed by atoms with Crippen LogP contribution in [0.4, 0.5) is 0 Å². The number of carbonyl (C=O) groups excluding carboxylic acids is 2. The molecule has 1 fully saturated rings. The second kappa shape index (κ2) is 8.76. The van der Waals surface area contributed by atoms with Crippen LogP contribution in [0.5, 0.6) is 0 Å². The first-order valence-electron chi connectivity index (χ1n) is 10.4. The Bertz CT molecular complexity index is 1210. The molecule has 0 saturated carbocycles. The number of hydrogen-bond donors (Lipinski definition) is 1. The number of hydrogen-bond acceptors (Lipinski definition) is 5. The Morgan fingerprint density at radius 1 is 1.16 bits per heavy atom. The van der Waals surface area contributed by atoms with Gasteiger partial charge in [-0.2, -0.15) is 0 Å². The summed E-state index contributed by atoms with van der Waals surface area (Å²) in [6, 6.07) is 11.8. The molecule has 0 unspecified atom stereocenters. The predicted molar refractivity (Wildman–Crippen MR) is 124 cm³/mol. The zero-order chi connectivity index (χ0) is 23.0. The number of aliphatic hydroxyl groups is 1. The number of Topliss-reactive ketones (excluding diaryl/α,β-unsaturated/α-hetero) is 1. The van der Waals surface area contributed by atoms with Gasteiger partial charge in [0.05, 0.1) is 17.3 Å². The molecule has 1 aromatic carbocycles. The molecule has 3 heterocycles. The summed E-state index contributed by atoms with van der Waals surface area (Å²) in [5.41, 5.74) is 2.41. The van der Waals surface area contributed by atoms with E-state index in [-0.39, 0.29) is 11.3 Å². The molecule has 1 atom stereocenters. The zero-order valence-electron chi connectivity index (χ0n) is 18.2. The molecular formula is C24H25ClN4O3. The summed E-state index contributed by atoms with van der Waals surface area (Å²) in [6.07, 6.45) is 2.47. The van der Waals surface area contributed by atoms with Gasteiger partial charge in [0, 0.05) is 17.8 Å². The van der Waals surface area contributed by atoms with Gasteiger partial charge in [-0.15, -0.1) is 0 Å². The van der Waals surface area contributed by atoms with Crippen molar-refractivity contribution in [2.45, 2.75) is 19.4 Å². The van der Waals surface area contributed by atoms with Gasteiger partial charge in [-0.1, -0.05) is 29.8 Å². The Morgan fingerprint density at radius 3 is 2.56 bits per heavy atom. The van der Waals surface area contributed by atoms with Crippen LogP contribution in [0.15, 0.2) is 54.2 Å². The lowest BCUT2D eigenvalue weighted by molar-refractivity contribution is -0.139. The quantitative estimate of drug-likeness (QED) is 0.351. The summed E-state index contributed by atoms with van der Waals surface area (Å²) in [6.45, 7) is 2.92. The van der Waals surface area contributed by atoms with Crippen molar-refractivity contribution in [3.05, 3.63) is 76.2 Å². The second-order valence-electron chi connectivity index (χ2n) is 8.18. The fourth-order valence-corrected chi connectivity index (χ4v) is 4.31. The van der Waals surface area contributed by atoms with Crippen LogP contribution in [0, 0.1) is 6.92 Å². The standard InChI is InChI=1S/C24H25ClN4O3/c1-15-20(28-13-5-4-7-18(28)26-15)22(30)19-21(16-8-10-17(25)11-9-16)29(24(32)23(19)31)14-6-12-27(2)3/h4-5,7-11,13,21,30H,6,12,14H2,1-3H3/b22-19+/t21-/m1/s1. The van der Waals surface area contributed by atoms with Crippen LogP contribution < -0.4 is 0 Å². The van der Waals surface area contributed by atoms with E-state index in [1.807, 2.05) is 37.2 Å². The minimum atomic E-state index is -0.705. The van der Waals surface area contributed by atoms with Gasteiger partial charge in [0.25, 0.3) is 11.7 Å². The molecule has 166 valence electrons. The molecule has 1 aliphatic heterocycles. The fourth-order valence-electron chi connectivity index (χ4n) is 4.19. The summed E-state index contributed by atoms with van der Waals surface area (Å²) >= 11 is 6.07. The number of aliphatic hydroxyl groups excluding tert-OH is 1. The number of aromatic nitrogens is 2. The van der Waals surface area contributed by atoms with E-state index in [1.165, 1.54) is 0 Å². The second-order valence-corrected chi connectivity index (χ2v) is 8.61. The van der Waals surface area contributed by atoms with E-state index in [0.717, 1.165) is 6.54 Å². The van der Waals surface area contributed by atoms with Crippen molar-refractivity contribution >= 4 is 34.7 Å². The number of amides is 1. The average molecular weight is 453 g/mol. The monoisotopic (exact) mass is 452 g/mol. The highest BCUT2D eigenvalue weighted by Gasteiger charge is 2.46. The van der Waals surface area contributed by atoms with E-state index in [4.69, 9.17) is 11.6 Å². The van der Waals surface area contributed by atoms with Gasteiger partial charge < -0.3 is 14.9 Å². The molecule has 1 aliphatic rings. The molecule has 7 nitrogen and oxygen atoms in total. The molecule has 0 bridgehead atoms. The Labute approximate surface area is 191 Å². The lowest BCUT2D eigenvalue weighted by atomic mass is 9.96. The average Bonchev–Trinajstić information content (AvgIpc) is 3.22. The topological polar surface area (TPSA) is 78.1 Å². The summed E-state index contributed by atoms with van der Waals surface area (Å²) in [7, 11) is 3.91. The highest BCUT2D eigenvalue weighted by atomic mass is 35.5.